The van der Waals surface area contributed by atoms with Crippen molar-refractivity contribution in [2.24, 2.45) is 0 Å². The molecule has 0 aliphatic carbocycles. The number of fused-ring (bicyclic) bond motifs is 3. The van der Waals surface area contributed by atoms with E-state index in [9.17, 15) is 9.59 Å². The van der Waals surface area contributed by atoms with Crippen LogP contribution in [0.4, 0.5) is 5.69 Å². The third-order valence-electron chi connectivity index (χ3n) is 3.68. The van der Waals surface area contributed by atoms with Gasteiger partial charge in [-0.05, 0) is 18.2 Å². The van der Waals surface area contributed by atoms with Crippen LogP contribution in [0.25, 0.3) is 20.3 Å². The van der Waals surface area contributed by atoms with E-state index in [1.54, 1.807) is 0 Å². The van der Waals surface area contributed by atoms with Crippen molar-refractivity contribution in [1.29, 1.82) is 0 Å². The molecular weight excluding hydrogens is 322 g/mol. The van der Waals surface area contributed by atoms with Crippen LogP contribution in [0.2, 0.25) is 0 Å². The second kappa shape index (κ2) is 5.90. The van der Waals surface area contributed by atoms with Crippen LogP contribution < -0.4 is 10.9 Å². The van der Waals surface area contributed by atoms with E-state index in [0.29, 0.717) is 21.7 Å². The minimum atomic E-state index is -0.218. The van der Waals surface area contributed by atoms with Crippen molar-refractivity contribution >= 4 is 43.2 Å². The molecule has 2 N–H and O–H groups in total. The zero-order valence-corrected chi connectivity index (χ0v) is 13.4. The van der Waals surface area contributed by atoms with Gasteiger partial charge in [0.05, 0.1) is 11.8 Å². The van der Waals surface area contributed by atoms with Gasteiger partial charge in [-0.1, -0.05) is 36.4 Å². The maximum atomic E-state index is 12.4. The lowest BCUT2D eigenvalue weighted by Gasteiger charge is -2.04. The molecule has 0 saturated heterocycles. The lowest BCUT2D eigenvalue weighted by atomic mass is 10.2. The van der Waals surface area contributed by atoms with Crippen molar-refractivity contribution in [3.63, 3.8) is 0 Å². The van der Waals surface area contributed by atoms with Crippen molar-refractivity contribution in [2.45, 2.75) is 6.42 Å². The maximum absolute atomic E-state index is 12.4. The van der Waals surface area contributed by atoms with Gasteiger partial charge in [0.1, 0.15) is 10.7 Å². The molecule has 5 nitrogen and oxygen atoms in total. The molecule has 0 fully saturated rings. The fourth-order valence-electron chi connectivity index (χ4n) is 2.64. The smallest absolute Gasteiger partial charge is 0.260 e. The van der Waals surface area contributed by atoms with Crippen LogP contribution in [0.1, 0.15) is 5.82 Å². The highest BCUT2D eigenvalue weighted by Gasteiger charge is 2.13. The number of carbonyl (C=O) groups excluding carboxylic acids is 1. The van der Waals surface area contributed by atoms with E-state index in [1.807, 2.05) is 54.6 Å². The Labute approximate surface area is 141 Å². The number of hydrogen-bond acceptors (Lipinski definition) is 4. The minimum Gasteiger partial charge on any atom is -0.326 e. The van der Waals surface area contributed by atoms with Gasteiger partial charge in [0, 0.05) is 15.8 Å². The molecule has 0 aliphatic rings. The molecule has 4 rings (SSSR count). The first-order chi connectivity index (χ1) is 11.7. The van der Waals surface area contributed by atoms with E-state index in [0.717, 1.165) is 10.1 Å². The van der Waals surface area contributed by atoms with Gasteiger partial charge in [0.2, 0.25) is 5.91 Å². The number of hydrogen-bond donors (Lipinski definition) is 2. The number of carbonyl (C=O) groups is 1. The predicted molar refractivity (Wildman–Crippen MR) is 96.5 cm³/mol. The highest BCUT2D eigenvalue weighted by molar-refractivity contribution is 7.25. The average Bonchev–Trinajstić information content (AvgIpc) is 2.94. The Hall–Kier alpha value is -2.99. The van der Waals surface area contributed by atoms with E-state index in [-0.39, 0.29) is 17.9 Å². The van der Waals surface area contributed by atoms with E-state index in [1.165, 1.54) is 11.3 Å². The van der Waals surface area contributed by atoms with E-state index < -0.39 is 0 Å². The Balaban J connectivity index is 1.66. The summed E-state index contributed by atoms with van der Waals surface area (Å²) in [6.07, 6.45) is 0.0221. The zero-order chi connectivity index (χ0) is 16.5. The summed E-state index contributed by atoms with van der Waals surface area (Å²) in [6.45, 7) is 0. The molecule has 1 amide bonds. The van der Waals surface area contributed by atoms with Crippen LogP contribution in [0, 0.1) is 0 Å². The molecule has 6 heteroatoms. The molecule has 2 aromatic heterocycles. The molecule has 0 aliphatic heterocycles. The number of aromatic amines is 1. The highest BCUT2D eigenvalue weighted by atomic mass is 32.1. The number of nitrogens with zero attached hydrogens (tertiary/aromatic N) is 1. The third kappa shape index (κ3) is 2.68. The molecule has 2 heterocycles. The molecule has 24 heavy (non-hydrogen) atoms. The molecule has 0 saturated carbocycles. The van der Waals surface area contributed by atoms with Crippen LogP contribution in [-0.2, 0) is 11.2 Å². The van der Waals surface area contributed by atoms with Gasteiger partial charge < -0.3 is 10.3 Å². The standard InChI is InChI=1S/C18H13N3O2S/c22-15(19-11-6-2-1-3-7-11)10-14-20-17(23)16-12-8-4-5-9-13(12)24-18(16)21-14/h1-9H,10H2,(H,19,22)(H,20,21,23). The van der Waals surface area contributed by atoms with Gasteiger partial charge in [0.15, 0.2) is 0 Å². The average molecular weight is 335 g/mol. The van der Waals surface area contributed by atoms with Crippen LogP contribution >= 0.6 is 11.3 Å². The summed E-state index contributed by atoms with van der Waals surface area (Å²) in [4.78, 5) is 32.4. The van der Waals surface area contributed by atoms with Crippen molar-refractivity contribution in [2.75, 3.05) is 5.32 Å². The van der Waals surface area contributed by atoms with E-state index in [4.69, 9.17) is 0 Å². The van der Waals surface area contributed by atoms with Gasteiger partial charge in [-0.15, -0.1) is 11.3 Å². The number of rotatable bonds is 3. The molecule has 0 bridgehead atoms. The Morgan fingerprint density at radius 2 is 1.83 bits per heavy atom. The molecule has 4 aromatic rings. The first-order valence-corrected chi connectivity index (χ1v) is 8.28. The third-order valence-corrected chi connectivity index (χ3v) is 4.75. The SMILES string of the molecule is O=C(Cc1nc2sc3ccccc3c2c(=O)[nH]1)Nc1ccccc1. The quantitative estimate of drug-likeness (QED) is 0.603. The Morgan fingerprint density at radius 3 is 2.67 bits per heavy atom. The zero-order valence-electron chi connectivity index (χ0n) is 12.6. The predicted octanol–water partition coefficient (Wildman–Crippen LogP) is 3.32. The lowest BCUT2D eigenvalue weighted by molar-refractivity contribution is -0.115. The second-order valence-corrected chi connectivity index (χ2v) is 6.41. The van der Waals surface area contributed by atoms with Crippen LogP contribution in [0.5, 0.6) is 0 Å². The summed E-state index contributed by atoms with van der Waals surface area (Å²) in [6, 6.07) is 16.9. The van der Waals surface area contributed by atoms with Gasteiger partial charge >= 0.3 is 0 Å². The number of anilines is 1. The number of para-hydroxylation sites is 1. The molecule has 118 valence electrons. The number of benzene rings is 2. The van der Waals surface area contributed by atoms with Crippen molar-refractivity contribution < 1.29 is 4.79 Å². The van der Waals surface area contributed by atoms with Crippen molar-refractivity contribution in [1.82, 2.24) is 9.97 Å². The number of thiophene rings is 1. The molecule has 0 radical (unpaired) electrons. The Kier molecular flexibility index (Phi) is 3.59. The fourth-order valence-corrected chi connectivity index (χ4v) is 3.73. The van der Waals surface area contributed by atoms with Crippen LogP contribution in [-0.4, -0.2) is 15.9 Å². The Morgan fingerprint density at radius 1 is 1.08 bits per heavy atom. The van der Waals surface area contributed by atoms with Gasteiger partial charge in [-0.25, -0.2) is 4.98 Å². The molecule has 0 spiro atoms. The second-order valence-electron chi connectivity index (χ2n) is 5.38. The first kappa shape index (κ1) is 14.6. The number of aromatic nitrogens is 2. The number of amides is 1. The summed E-state index contributed by atoms with van der Waals surface area (Å²) < 4.78 is 1.01. The fraction of sp³-hybridized carbons (Fsp3) is 0.0556. The first-order valence-electron chi connectivity index (χ1n) is 7.46. The Bertz CT molecular complexity index is 1100. The molecule has 0 atom stereocenters. The van der Waals surface area contributed by atoms with Gasteiger partial charge in [-0.2, -0.15) is 0 Å². The van der Waals surface area contributed by atoms with Gasteiger partial charge in [0.25, 0.3) is 5.56 Å². The molecule has 2 aromatic carbocycles. The largest absolute Gasteiger partial charge is 0.326 e. The monoisotopic (exact) mass is 335 g/mol. The van der Waals surface area contributed by atoms with E-state index >= 15 is 0 Å². The summed E-state index contributed by atoms with van der Waals surface area (Å²) >= 11 is 1.46. The lowest BCUT2D eigenvalue weighted by Crippen LogP contribution is -2.19. The van der Waals surface area contributed by atoms with Crippen molar-refractivity contribution in [3.05, 3.63) is 70.8 Å². The highest BCUT2D eigenvalue weighted by Crippen LogP contribution is 2.29. The number of nitrogens with one attached hydrogen (secondary N) is 2. The van der Waals surface area contributed by atoms with Crippen LogP contribution in [0.15, 0.2) is 59.4 Å². The van der Waals surface area contributed by atoms with Crippen molar-refractivity contribution in [3.8, 4) is 0 Å². The molecule has 0 unspecified atom stereocenters. The summed E-state index contributed by atoms with van der Waals surface area (Å²) in [7, 11) is 0. The number of H-pyrrole nitrogens is 1. The van der Waals surface area contributed by atoms with Crippen LogP contribution in [0.3, 0.4) is 0 Å². The summed E-state index contributed by atoms with van der Waals surface area (Å²) in [5, 5.41) is 4.27. The molecular formula is C18H13N3O2S. The maximum Gasteiger partial charge on any atom is 0.260 e. The summed E-state index contributed by atoms with van der Waals surface area (Å²) in [5.74, 6) is 0.150. The van der Waals surface area contributed by atoms with Gasteiger partial charge in [-0.3, -0.25) is 9.59 Å². The topological polar surface area (TPSA) is 74.8 Å². The normalized spacial score (nSPS) is 11.0. The minimum absolute atomic E-state index is 0.0221. The van der Waals surface area contributed by atoms with E-state index in [2.05, 4.69) is 15.3 Å². The summed E-state index contributed by atoms with van der Waals surface area (Å²) in [5.41, 5.74) is 0.507.